The molecule has 0 spiro atoms. The van der Waals surface area contributed by atoms with Gasteiger partial charge in [-0.1, -0.05) is 18.0 Å². The monoisotopic (exact) mass is 481 g/mol. The molecule has 0 aliphatic rings. The number of hydrogen-bond acceptors (Lipinski definition) is 7. The summed E-state index contributed by atoms with van der Waals surface area (Å²) in [6.45, 7) is 3.64. The van der Waals surface area contributed by atoms with Crippen LogP contribution in [0.1, 0.15) is 41.9 Å². The van der Waals surface area contributed by atoms with Crippen molar-refractivity contribution >= 4 is 39.9 Å². The lowest BCUT2D eigenvalue weighted by molar-refractivity contribution is 0.0979. The molecule has 178 valence electrons. The van der Waals surface area contributed by atoms with Crippen LogP contribution in [-0.2, 0) is 4.74 Å². The molecule has 0 radical (unpaired) electrons. The van der Waals surface area contributed by atoms with E-state index in [2.05, 4.69) is 15.5 Å². The van der Waals surface area contributed by atoms with Crippen LogP contribution in [0.2, 0.25) is 5.02 Å². The Kier molecular flexibility index (Phi) is 7.92. The number of unbranched alkanes of at least 4 members (excludes halogenated alkanes) is 2. The molecule has 2 aromatic heterocycles. The molecule has 9 heteroatoms. The predicted octanol–water partition coefficient (Wildman–Crippen LogP) is 5.12. The number of carbonyl (C=O) groups is 1. The SMILES string of the molecule is COCCOc1ccc2c(c1)nc(NCCCCCC(=O)c1ccc(Cl)cc1)c1nnc(C)n12. The van der Waals surface area contributed by atoms with Gasteiger partial charge in [0.05, 0.1) is 17.6 Å². The quantitative estimate of drug-likeness (QED) is 0.222. The molecule has 4 aromatic rings. The summed E-state index contributed by atoms with van der Waals surface area (Å²) in [4.78, 5) is 17.1. The first-order valence-corrected chi connectivity index (χ1v) is 11.7. The van der Waals surface area contributed by atoms with Gasteiger partial charge in [-0.3, -0.25) is 9.20 Å². The third kappa shape index (κ3) is 5.63. The van der Waals surface area contributed by atoms with E-state index in [0.717, 1.165) is 48.4 Å². The van der Waals surface area contributed by atoms with Gasteiger partial charge in [-0.25, -0.2) is 4.98 Å². The van der Waals surface area contributed by atoms with E-state index in [9.17, 15) is 4.79 Å². The molecule has 0 aliphatic heterocycles. The fraction of sp³-hybridized carbons (Fsp3) is 0.360. The van der Waals surface area contributed by atoms with E-state index < -0.39 is 0 Å². The Morgan fingerprint density at radius 3 is 2.68 bits per heavy atom. The lowest BCUT2D eigenvalue weighted by atomic mass is 10.0. The molecule has 0 fully saturated rings. The van der Waals surface area contributed by atoms with Crippen LogP contribution >= 0.6 is 11.6 Å². The van der Waals surface area contributed by atoms with Crippen LogP contribution in [0.5, 0.6) is 5.75 Å². The van der Waals surface area contributed by atoms with Crippen LogP contribution in [-0.4, -0.2) is 52.2 Å². The van der Waals surface area contributed by atoms with E-state index in [0.29, 0.717) is 41.7 Å². The van der Waals surface area contributed by atoms with Crippen LogP contribution in [0.4, 0.5) is 5.82 Å². The maximum Gasteiger partial charge on any atom is 0.204 e. The third-order valence-corrected chi connectivity index (χ3v) is 5.80. The summed E-state index contributed by atoms with van der Waals surface area (Å²) in [5, 5.41) is 12.6. The summed E-state index contributed by atoms with van der Waals surface area (Å²) in [5.74, 6) is 2.35. The molecule has 0 unspecified atom stereocenters. The number of methoxy groups -OCH3 is 1. The van der Waals surface area contributed by atoms with Crippen molar-refractivity contribution in [3.8, 4) is 5.75 Å². The summed E-state index contributed by atoms with van der Waals surface area (Å²) < 4.78 is 12.8. The first-order chi connectivity index (χ1) is 16.6. The second-order valence-electron chi connectivity index (χ2n) is 8.03. The molecule has 4 rings (SSSR count). The van der Waals surface area contributed by atoms with Crippen molar-refractivity contribution in [2.24, 2.45) is 0 Å². The normalized spacial score (nSPS) is 11.3. The molecule has 2 heterocycles. The van der Waals surface area contributed by atoms with Crippen molar-refractivity contribution in [2.45, 2.75) is 32.6 Å². The number of hydrogen-bond donors (Lipinski definition) is 1. The predicted molar refractivity (Wildman–Crippen MR) is 133 cm³/mol. The minimum atomic E-state index is 0.144. The van der Waals surface area contributed by atoms with Crippen molar-refractivity contribution in [1.82, 2.24) is 19.6 Å². The Morgan fingerprint density at radius 1 is 1.06 bits per heavy atom. The fourth-order valence-electron chi connectivity index (χ4n) is 3.78. The summed E-state index contributed by atoms with van der Waals surface area (Å²) in [7, 11) is 1.65. The van der Waals surface area contributed by atoms with Gasteiger partial charge in [-0.05, 0) is 56.2 Å². The van der Waals surface area contributed by atoms with Gasteiger partial charge in [0.25, 0.3) is 0 Å². The number of aromatic nitrogens is 4. The molecule has 8 nitrogen and oxygen atoms in total. The number of anilines is 1. The van der Waals surface area contributed by atoms with Gasteiger partial charge in [-0.15, -0.1) is 10.2 Å². The molecular weight excluding hydrogens is 454 g/mol. The van der Waals surface area contributed by atoms with E-state index >= 15 is 0 Å². The Balaban J connectivity index is 1.36. The van der Waals surface area contributed by atoms with E-state index in [1.54, 1.807) is 31.4 Å². The highest BCUT2D eigenvalue weighted by molar-refractivity contribution is 6.30. The zero-order valence-corrected chi connectivity index (χ0v) is 20.1. The minimum Gasteiger partial charge on any atom is -0.491 e. The molecule has 2 aromatic carbocycles. The number of benzene rings is 2. The highest BCUT2D eigenvalue weighted by Crippen LogP contribution is 2.25. The molecule has 1 N–H and O–H groups in total. The van der Waals surface area contributed by atoms with E-state index in [1.807, 2.05) is 29.5 Å². The summed E-state index contributed by atoms with van der Waals surface area (Å²) in [6, 6.07) is 12.8. The Labute approximate surface area is 203 Å². The van der Waals surface area contributed by atoms with Gasteiger partial charge in [0.1, 0.15) is 18.2 Å². The van der Waals surface area contributed by atoms with Gasteiger partial charge in [0.2, 0.25) is 5.65 Å². The van der Waals surface area contributed by atoms with Crippen LogP contribution < -0.4 is 10.1 Å². The minimum absolute atomic E-state index is 0.144. The van der Waals surface area contributed by atoms with E-state index in [4.69, 9.17) is 26.1 Å². The number of ketones is 1. The lowest BCUT2D eigenvalue weighted by Crippen LogP contribution is -2.08. The Hall–Kier alpha value is -3.23. The average molecular weight is 482 g/mol. The first-order valence-electron chi connectivity index (χ1n) is 11.4. The molecule has 0 amide bonds. The zero-order valence-electron chi connectivity index (χ0n) is 19.4. The largest absolute Gasteiger partial charge is 0.491 e. The van der Waals surface area contributed by atoms with Gasteiger partial charge >= 0.3 is 0 Å². The van der Waals surface area contributed by atoms with Crippen molar-refractivity contribution < 1.29 is 14.3 Å². The van der Waals surface area contributed by atoms with E-state index in [-0.39, 0.29) is 5.78 Å². The Bertz CT molecular complexity index is 1270. The molecule has 0 aliphatic carbocycles. The number of fused-ring (bicyclic) bond motifs is 3. The molecule has 0 atom stereocenters. The molecule has 0 bridgehead atoms. The highest BCUT2D eigenvalue weighted by atomic mass is 35.5. The van der Waals surface area contributed by atoms with Gasteiger partial charge < -0.3 is 14.8 Å². The molecular formula is C25H28ClN5O3. The molecule has 34 heavy (non-hydrogen) atoms. The Morgan fingerprint density at radius 2 is 1.88 bits per heavy atom. The number of rotatable bonds is 12. The van der Waals surface area contributed by atoms with Gasteiger partial charge in [0, 0.05) is 36.7 Å². The van der Waals surface area contributed by atoms with Crippen LogP contribution in [0.25, 0.3) is 16.7 Å². The van der Waals surface area contributed by atoms with Crippen LogP contribution in [0, 0.1) is 6.92 Å². The number of nitrogens with one attached hydrogen (secondary N) is 1. The second kappa shape index (κ2) is 11.3. The molecule has 0 saturated heterocycles. The maximum atomic E-state index is 12.3. The van der Waals surface area contributed by atoms with Gasteiger partial charge in [-0.2, -0.15) is 0 Å². The smallest absolute Gasteiger partial charge is 0.204 e. The van der Waals surface area contributed by atoms with Crippen molar-refractivity contribution in [1.29, 1.82) is 0 Å². The van der Waals surface area contributed by atoms with Crippen molar-refractivity contribution in [2.75, 3.05) is 32.2 Å². The summed E-state index contributed by atoms with van der Waals surface area (Å²) in [6.07, 6.45) is 3.19. The van der Waals surface area contributed by atoms with Crippen LogP contribution in [0.3, 0.4) is 0 Å². The lowest BCUT2D eigenvalue weighted by Gasteiger charge is -2.11. The number of ether oxygens (including phenoxy) is 2. The summed E-state index contributed by atoms with van der Waals surface area (Å²) in [5.41, 5.74) is 3.11. The third-order valence-electron chi connectivity index (χ3n) is 5.55. The van der Waals surface area contributed by atoms with Crippen molar-refractivity contribution in [3.05, 3.63) is 58.9 Å². The number of Topliss-reactive ketones (excluding diaryl/α,β-unsaturated/α-hetero) is 1. The first kappa shape index (κ1) is 23.9. The number of halogens is 1. The number of aryl methyl sites for hydroxylation is 1. The second-order valence-corrected chi connectivity index (χ2v) is 8.46. The van der Waals surface area contributed by atoms with Crippen molar-refractivity contribution in [3.63, 3.8) is 0 Å². The average Bonchev–Trinajstić information content (AvgIpc) is 3.23. The standard InChI is InChI=1S/C25H28ClN5O3/c1-17-29-30-25-24(27-13-5-3-4-6-23(32)18-7-9-19(26)10-8-18)28-21-16-20(34-15-14-33-2)11-12-22(21)31(17)25/h7-12,16H,3-6,13-15H2,1-2H3,(H,27,28). The summed E-state index contributed by atoms with van der Waals surface area (Å²) >= 11 is 5.89. The topological polar surface area (TPSA) is 90.6 Å². The zero-order chi connectivity index (χ0) is 23.9. The van der Waals surface area contributed by atoms with E-state index in [1.165, 1.54) is 0 Å². The van der Waals surface area contributed by atoms with Gasteiger partial charge in [0.15, 0.2) is 11.6 Å². The highest BCUT2D eigenvalue weighted by Gasteiger charge is 2.14. The van der Waals surface area contributed by atoms with Crippen LogP contribution in [0.15, 0.2) is 42.5 Å². The molecule has 0 saturated carbocycles. The fourth-order valence-corrected chi connectivity index (χ4v) is 3.91. The number of carbonyl (C=O) groups excluding carboxylic acids is 1. The maximum absolute atomic E-state index is 12.3. The number of nitrogens with zero attached hydrogens (tertiary/aromatic N) is 4.